The van der Waals surface area contributed by atoms with Crippen LogP contribution in [-0.2, 0) is 24.8 Å². The Labute approximate surface area is 181 Å². The van der Waals surface area contributed by atoms with Gasteiger partial charge >= 0.3 is 0 Å². The molecule has 2 bridgehead atoms. The van der Waals surface area contributed by atoms with E-state index in [1.54, 1.807) is 24.2 Å². The van der Waals surface area contributed by atoms with Crippen LogP contribution in [0.1, 0.15) is 27.0 Å². The summed E-state index contributed by atoms with van der Waals surface area (Å²) in [4.78, 5) is 26.7. The molecule has 4 rings (SSSR count). The third kappa shape index (κ3) is 5.22. The molecule has 1 amide bonds. The number of carbonyl (C=O) groups excluding carboxylic acids is 1. The average molecular weight is 418 g/mol. The predicted octanol–water partition coefficient (Wildman–Crippen LogP) is 3.03. The van der Waals surface area contributed by atoms with Crippen LogP contribution in [0.15, 0.2) is 71.7 Å². The molecule has 31 heavy (non-hydrogen) atoms. The largest absolute Gasteiger partial charge is 0.491 e. The molecule has 6 nitrogen and oxygen atoms in total. The predicted molar refractivity (Wildman–Crippen MR) is 118 cm³/mol. The van der Waals surface area contributed by atoms with Gasteiger partial charge in [0.2, 0.25) is 5.56 Å². The Kier molecular flexibility index (Phi) is 6.48. The number of para-hydroxylation sites is 1. The van der Waals surface area contributed by atoms with Gasteiger partial charge in [-0.15, -0.1) is 0 Å². The number of carbonyl (C=O) groups is 1. The Balaban J connectivity index is 1.62. The second-order valence-corrected chi connectivity index (χ2v) is 7.66. The molecule has 0 fully saturated rings. The number of aromatic nitrogens is 1. The van der Waals surface area contributed by atoms with Gasteiger partial charge in [-0.25, -0.2) is 0 Å². The first-order valence-electron chi connectivity index (χ1n) is 10.4. The van der Waals surface area contributed by atoms with Crippen LogP contribution in [0.4, 0.5) is 0 Å². The standard InChI is InChI=1S/C25H26N2O4/c1-26-18-22(9-10-24(26)28)25(29)27-11-12-30-13-14-31-23-8-3-2-7-21(23)16-19-5-4-6-20(15-19)17-27/h2-10,15,18H,11-14,16-17H2,1H3. The Hall–Kier alpha value is -3.38. The number of ether oxygens (including phenoxy) is 2. The Morgan fingerprint density at radius 3 is 2.65 bits per heavy atom. The molecule has 0 spiro atoms. The SMILES string of the molecule is Cn1cc(C(=O)N2CCOCCOc3ccccc3Cc3cccc(c3)C2)ccc1=O. The molecule has 6 heteroatoms. The second-order valence-electron chi connectivity index (χ2n) is 7.66. The fourth-order valence-corrected chi connectivity index (χ4v) is 3.71. The molecule has 0 aliphatic carbocycles. The minimum Gasteiger partial charge on any atom is -0.491 e. The van der Waals surface area contributed by atoms with Gasteiger partial charge in [0.05, 0.1) is 18.8 Å². The topological polar surface area (TPSA) is 60.8 Å². The zero-order valence-corrected chi connectivity index (χ0v) is 17.6. The average Bonchev–Trinajstić information content (AvgIpc) is 2.77. The summed E-state index contributed by atoms with van der Waals surface area (Å²) in [6, 6.07) is 19.3. The zero-order valence-electron chi connectivity index (χ0n) is 17.6. The molecule has 0 radical (unpaired) electrons. The minimum absolute atomic E-state index is 0.127. The Bertz CT molecular complexity index is 1120. The van der Waals surface area contributed by atoms with Crippen molar-refractivity contribution in [2.45, 2.75) is 13.0 Å². The lowest BCUT2D eigenvalue weighted by Crippen LogP contribution is -2.34. The van der Waals surface area contributed by atoms with E-state index in [1.165, 1.54) is 10.6 Å². The van der Waals surface area contributed by atoms with Crippen LogP contribution < -0.4 is 10.3 Å². The molecule has 1 aliphatic rings. The van der Waals surface area contributed by atoms with Gasteiger partial charge in [0.1, 0.15) is 12.4 Å². The summed E-state index contributed by atoms with van der Waals surface area (Å²) in [7, 11) is 1.65. The van der Waals surface area contributed by atoms with E-state index in [4.69, 9.17) is 9.47 Å². The number of pyridine rings is 1. The molecule has 2 aromatic carbocycles. The third-order valence-electron chi connectivity index (χ3n) is 5.34. The van der Waals surface area contributed by atoms with Gasteiger partial charge in [-0.1, -0.05) is 42.5 Å². The number of hydrogen-bond acceptors (Lipinski definition) is 4. The van der Waals surface area contributed by atoms with Crippen LogP contribution in [0.3, 0.4) is 0 Å². The van der Waals surface area contributed by atoms with Crippen molar-refractivity contribution in [3.05, 3.63) is 99.5 Å². The van der Waals surface area contributed by atoms with E-state index in [0.717, 1.165) is 28.9 Å². The first kappa shape index (κ1) is 20.9. The number of fused-ring (bicyclic) bond motifs is 3. The summed E-state index contributed by atoms with van der Waals surface area (Å²) < 4.78 is 13.1. The van der Waals surface area contributed by atoms with Crippen molar-refractivity contribution in [1.82, 2.24) is 9.47 Å². The fourth-order valence-electron chi connectivity index (χ4n) is 3.71. The third-order valence-corrected chi connectivity index (χ3v) is 5.34. The van der Waals surface area contributed by atoms with Crippen molar-refractivity contribution >= 4 is 5.91 Å². The van der Waals surface area contributed by atoms with Crippen molar-refractivity contribution < 1.29 is 14.3 Å². The van der Waals surface area contributed by atoms with Crippen molar-refractivity contribution in [2.75, 3.05) is 26.4 Å². The van der Waals surface area contributed by atoms with Gasteiger partial charge in [0, 0.05) is 38.8 Å². The molecule has 160 valence electrons. The smallest absolute Gasteiger partial charge is 0.255 e. The Morgan fingerprint density at radius 1 is 0.935 bits per heavy atom. The van der Waals surface area contributed by atoms with Gasteiger partial charge in [-0.3, -0.25) is 9.59 Å². The maximum Gasteiger partial charge on any atom is 0.255 e. The van der Waals surface area contributed by atoms with Crippen LogP contribution in [0, 0.1) is 0 Å². The molecule has 1 aliphatic heterocycles. The van der Waals surface area contributed by atoms with E-state index in [1.807, 2.05) is 30.3 Å². The van der Waals surface area contributed by atoms with E-state index < -0.39 is 0 Å². The van der Waals surface area contributed by atoms with Crippen molar-refractivity contribution in [2.24, 2.45) is 7.05 Å². The summed E-state index contributed by atoms with van der Waals surface area (Å²) >= 11 is 0. The van der Waals surface area contributed by atoms with Gasteiger partial charge in [-0.05, 0) is 28.8 Å². The first-order valence-corrected chi connectivity index (χ1v) is 10.4. The lowest BCUT2D eigenvalue weighted by atomic mass is 10.0. The summed E-state index contributed by atoms with van der Waals surface area (Å²) in [6.07, 6.45) is 2.33. The lowest BCUT2D eigenvalue weighted by molar-refractivity contribution is 0.0570. The van der Waals surface area contributed by atoms with E-state index >= 15 is 0 Å². The molecule has 3 aromatic rings. The molecule has 0 unspecified atom stereocenters. The molecule has 1 aromatic heterocycles. The molecule has 0 saturated heterocycles. The van der Waals surface area contributed by atoms with E-state index in [0.29, 0.717) is 38.5 Å². The minimum atomic E-state index is -0.145. The van der Waals surface area contributed by atoms with E-state index in [2.05, 4.69) is 18.2 Å². The van der Waals surface area contributed by atoms with Gasteiger partial charge < -0.3 is 18.9 Å². The molecule has 0 N–H and O–H groups in total. The first-order chi connectivity index (χ1) is 15.1. The lowest BCUT2D eigenvalue weighted by Gasteiger charge is -2.24. The van der Waals surface area contributed by atoms with Crippen molar-refractivity contribution in [3.8, 4) is 5.75 Å². The van der Waals surface area contributed by atoms with Crippen LogP contribution in [0.5, 0.6) is 5.75 Å². The second kappa shape index (κ2) is 9.62. The highest BCUT2D eigenvalue weighted by molar-refractivity contribution is 5.93. The highest BCUT2D eigenvalue weighted by atomic mass is 16.5. The van der Waals surface area contributed by atoms with Crippen molar-refractivity contribution in [1.29, 1.82) is 0 Å². The van der Waals surface area contributed by atoms with E-state index in [-0.39, 0.29) is 11.5 Å². The van der Waals surface area contributed by atoms with Gasteiger partial charge in [0.25, 0.3) is 5.91 Å². The van der Waals surface area contributed by atoms with Gasteiger partial charge in [-0.2, -0.15) is 0 Å². The summed E-state index contributed by atoms with van der Waals surface area (Å²) in [5, 5.41) is 0. The monoisotopic (exact) mass is 418 g/mol. The van der Waals surface area contributed by atoms with Crippen LogP contribution in [-0.4, -0.2) is 41.7 Å². The van der Waals surface area contributed by atoms with E-state index in [9.17, 15) is 9.59 Å². The molecule has 0 atom stereocenters. The zero-order chi connectivity index (χ0) is 21.6. The number of hydrogen-bond donors (Lipinski definition) is 0. The fraction of sp³-hybridized carbons (Fsp3) is 0.280. The van der Waals surface area contributed by atoms with Crippen molar-refractivity contribution in [3.63, 3.8) is 0 Å². The summed E-state index contributed by atoms with van der Waals surface area (Å²) in [6.45, 7) is 2.22. The van der Waals surface area contributed by atoms with Crippen LogP contribution in [0.25, 0.3) is 0 Å². The number of nitrogens with zero attached hydrogens (tertiary/aromatic N) is 2. The summed E-state index contributed by atoms with van der Waals surface area (Å²) in [5.41, 5.74) is 3.67. The highest BCUT2D eigenvalue weighted by Crippen LogP contribution is 2.22. The molecular weight excluding hydrogens is 392 g/mol. The number of benzene rings is 2. The maximum atomic E-state index is 13.2. The molecule has 0 saturated carbocycles. The number of amides is 1. The van der Waals surface area contributed by atoms with Gasteiger partial charge in [0.15, 0.2) is 0 Å². The molecular formula is C25H26N2O4. The molecule has 2 heterocycles. The maximum absolute atomic E-state index is 13.2. The van der Waals surface area contributed by atoms with Crippen LogP contribution in [0.2, 0.25) is 0 Å². The number of rotatable bonds is 1. The normalized spacial score (nSPS) is 14.8. The quantitative estimate of drug-likeness (QED) is 0.610. The Morgan fingerprint density at radius 2 is 1.77 bits per heavy atom. The highest BCUT2D eigenvalue weighted by Gasteiger charge is 2.18. The van der Waals surface area contributed by atoms with Crippen LogP contribution >= 0.6 is 0 Å². The number of aryl methyl sites for hydroxylation is 1. The summed E-state index contributed by atoms with van der Waals surface area (Å²) in [5.74, 6) is 0.748.